The van der Waals surface area contributed by atoms with Crippen molar-refractivity contribution in [3.63, 3.8) is 0 Å². The number of hydrogen-bond acceptors (Lipinski definition) is 4. The Morgan fingerprint density at radius 3 is 2.04 bits per heavy atom. The van der Waals surface area contributed by atoms with E-state index in [0.717, 1.165) is 31.6 Å². The summed E-state index contributed by atoms with van der Waals surface area (Å²) in [4.78, 5) is 21.1. The highest BCUT2D eigenvalue weighted by atomic mass is 127. The molecule has 0 N–H and O–H groups in total. The SMILES string of the molecule is O=Cc1cnn2ccc(Br)cc12.O=Cc1cnn2ccc(I)cc12. The molecule has 0 aromatic carbocycles. The van der Waals surface area contributed by atoms with E-state index in [0.29, 0.717) is 11.1 Å². The molecule has 0 aliphatic heterocycles. The van der Waals surface area contributed by atoms with Crippen LogP contribution in [0.4, 0.5) is 0 Å². The first-order chi connectivity index (χ1) is 11.6. The number of pyridine rings is 2. The molecular formula is C16H10BrIN4O2. The number of carbonyl (C=O) groups is 2. The second kappa shape index (κ2) is 7.22. The predicted molar refractivity (Wildman–Crippen MR) is 102 cm³/mol. The molecule has 0 bridgehead atoms. The van der Waals surface area contributed by atoms with E-state index in [1.807, 2.05) is 30.5 Å². The Balaban J connectivity index is 0.000000141. The Morgan fingerprint density at radius 1 is 0.917 bits per heavy atom. The number of fused-ring (bicyclic) bond motifs is 2. The number of aldehydes is 2. The normalized spacial score (nSPS) is 10.4. The first-order valence-electron chi connectivity index (χ1n) is 6.78. The number of carbonyl (C=O) groups excluding carboxylic acids is 2. The van der Waals surface area contributed by atoms with Gasteiger partial charge in [-0.1, -0.05) is 15.9 Å². The maximum absolute atomic E-state index is 10.5. The van der Waals surface area contributed by atoms with Gasteiger partial charge in [-0.3, -0.25) is 9.59 Å². The molecule has 0 spiro atoms. The molecule has 0 amide bonds. The molecule has 0 fully saturated rings. The Morgan fingerprint density at radius 2 is 1.46 bits per heavy atom. The average Bonchev–Trinajstić information content (AvgIpc) is 3.17. The zero-order chi connectivity index (χ0) is 17.1. The number of rotatable bonds is 2. The van der Waals surface area contributed by atoms with Crippen molar-refractivity contribution < 1.29 is 9.59 Å². The fourth-order valence-electron chi connectivity index (χ4n) is 2.13. The third kappa shape index (κ3) is 3.39. The van der Waals surface area contributed by atoms with Gasteiger partial charge in [-0.25, -0.2) is 9.03 Å². The summed E-state index contributed by atoms with van der Waals surface area (Å²) in [6.07, 6.45) is 8.37. The molecule has 0 saturated carbocycles. The second-order valence-corrected chi connectivity index (χ2v) is 6.95. The number of hydrogen-bond donors (Lipinski definition) is 0. The van der Waals surface area contributed by atoms with Crippen molar-refractivity contribution in [1.29, 1.82) is 0 Å². The summed E-state index contributed by atoms with van der Waals surface area (Å²) in [7, 11) is 0. The topological polar surface area (TPSA) is 68.7 Å². The van der Waals surface area contributed by atoms with Crippen LogP contribution in [0.1, 0.15) is 20.7 Å². The first-order valence-corrected chi connectivity index (χ1v) is 8.65. The van der Waals surface area contributed by atoms with E-state index >= 15 is 0 Å². The predicted octanol–water partition coefficient (Wildman–Crippen LogP) is 3.66. The molecule has 4 rings (SSSR count). The van der Waals surface area contributed by atoms with Crippen molar-refractivity contribution >= 4 is 62.1 Å². The number of aromatic nitrogens is 4. The molecule has 0 unspecified atom stereocenters. The van der Waals surface area contributed by atoms with E-state index in [-0.39, 0.29) is 0 Å². The summed E-state index contributed by atoms with van der Waals surface area (Å²) in [6.45, 7) is 0. The zero-order valence-corrected chi connectivity index (χ0v) is 15.9. The summed E-state index contributed by atoms with van der Waals surface area (Å²) >= 11 is 5.52. The largest absolute Gasteiger partial charge is 0.298 e. The summed E-state index contributed by atoms with van der Waals surface area (Å²) in [5.41, 5.74) is 2.92. The van der Waals surface area contributed by atoms with Crippen LogP contribution in [0.3, 0.4) is 0 Å². The van der Waals surface area contributed by atoms with Crippen LogP contribution in [0.2, 0.25) is 0 Å². The molecule has 0 saturated heterocycles. The maximum Gasteiger partial charge on any atom is 0.153 e. The smallest absolute Gasteiger partial charge is 0.153 e. The van der Waals surface area contributed by atoms with Crippen molar-refractivity contribution in [2.75, 3.05) is 0 Å². The molecule has 120 valence electrons. The highest BCUT2D eigenvalue weighted by Gasteiger charge is 2.02. The summed E-state index contributed by atoms with van der Waals surface area (Å²) in [6, 6.07) is 7.59. The quantitative estimate of drug-likeness (QED) is 0.314. The Hall–Kier alpha value is -2.07. The van der Waals surface area contributed by atoms with E-state index in [2.05, 4.69) is 48.7 Å². The average molecular weight is 497 g/mol. The van der Waals surface area contributed by atoms with Crippen molar-refractivity contribution in [1.82, 2.24) is 19.2 Å². The minimum atomic E-state index is 0.608. The van der Waals surface area contributed by atoms with Crippen LogP contribution in [0.5, 0.6) is 0 Å². The molecule has 0 radical (unpaired) electrons. The molecule has 4 heterocycles. The van der Waals surface area contributed by atoms with Crippen LogP contribution in [0.25, 0.3) is 11.0 Å². The highest BCUT2D eigenvalue weighted by Crippen LogP contribution is 2.15. The van der Waals surface area contributed by atoms with Gasteiger partial charge in [-0.15, -0.1) is 0 Å². The van der Waals surface area contributed by atoms with Crippen LogP contribution >= 0.6 is 38.5 Å². The lowest BCUT2D eigenvalue weighted by molar-refractivity contribution is 0.111. The third-order valence-corrected chi connectivity index (χ3v) is 4.44. The molecule has 0 atom stereocenters. The van der Waals surface area contributed by atoms with Crippen LogP contribution in [-0.4, -0.2) is 31.8 Å². The van der Waals surface area contributed by atoms with Crippen LogP contribution in [0, 0.1) is 3.57 Å². The van der Waals surface area contributed by atoms with Gasteiger partial charge in [0, 0.05) is 20.4 Å². The third-order valence-electron chi connectivity index (χ3n) is 3.28. The highest BCUT2D eigenvalue weighted by molar-refractivity contribution is 14.1. The fourth-order valence-corrected chi connectivity index (χ4v) is 2.92. The summed E-state index contributed by atoms with van der Waals surface area (Å²) < 4.78 is 5.39. The maximum atomic E-state index is 10.5. The van der Waals surface area contributed by atoms with Crippen LogP contribution < -0.4 is 0 Å². The molecular weight excluding hydrogens is 487 g/mol. The van der Waals surface area contributed by atoms with E-state index in [4.69, 9.17) is 0 Å². The van der Waals surface area contributed by atoms with Crippen molar-refractivity contribution in [2.45, 2.75) is 0 Å². The Kier molecular flexibility index (Phi) is 5.05. The van der Waals surface area contributed by atoms with Crippen molar-refractivity contribution in [3.8, 4) is 0 Å². The minimum Gasteiger partial charge on any atom is -0.298 e. The van der Waals surface area contributed by atoms with Crippen LogP contribution in [0.15, 0.2) is 53.5 Å². The van der Waals surface area contributed by atoms with Crippen molar-refractivity contribution in [3.05, 3.63) is 68.2 Å². The van der Waals surface area contributed by atoms with Gasteiger partial charge in [0.15, 0.2) is 12.6 Å². The zero-order valence-electron chi connectivity index (χ0n) is 12.1. The van der Waals surface area contributed by atoms with Gasteiger partial charge in [0.1, 0.15) is 0 Å². The minimum absolute atomic E-state index is 0.608. The van der Waals surface area contributed by atoms with Gasteiger partial charge in [-0.2, -0.15) is 10.2 Å². The molecule has 4 aromatic rings. The van der Waals surface area contributed by atoms with Crippen molar-refractivity contribution in [2.24, 2.45) is 0 Å². The Labute approximate surface area is 158 Å². The molecule has 0 aliphatic rings. The lowest BCUT2D eigenvalue weighted by Crippen LogP contribution is -1.86. The number of nitrogens with zero attached hydrogens (tertiary/aromatic N) is 4. The van der Waals surface area contributed by atoms with Gasteiger partial charge in [0.25, 0.3) is 0 Å². The lowest BCUT2D eigenvalue weighted by Gasteiger charge is -1.93. The lowest BCUT2D eigenvalue weighted by atomic mass is 10.3. The van der Waals surface area contributed by atoms with Gasteiger partial charge < -0.3 is 0 Å². The number of halogens is 2. The molecule has 6 nitrogen and oxygen atoms in total. The summed E-state index contributed by atoms with van der Waals surface area (Å²) in [5.74, 6) is 0. The van der Waals surface area contributed by atoms with Gasteiger partial charge in [-0.05, 0) is 46.9 Å². The molecule has 8 heteroatoms. The van der Waals surface area contributed by atoms with E-state index in [9.17, 15) is 9.59 Å². The Bertz CT molecular complexity index is 957. The van der Waals surface area contributed by atoms with Gasteiger partial charge in [0.2, 0.25) is 0 Å². The standard InChI is InChI=1S/C8H5BrN2O.C8H5IN2O/c2*9-7-1-2-11-8(3-7)6(5-12)4-10-11/h2*1-5H. The molecule has 0 aliphatic carbocycles. The van der Waals surface area contributed by atoms with E-state index < -0.39 is 0 Å². The fraction of sp³-hybridized carbons (Fsp3) is 0. The second-order valence-electron chi connectivity index (χ2n) is 4.79. The van der Waals surface area contributed by atoms with Gasteiger partial charge in [0.05, 0.1) is 34.6 Å². The first kappa shape index (κ1) is 16.8. The van der Waals surface area contributed by atoms with E-state index in [1.54, 1.807) is 27.6 Å². The molecule has 24 heavy (non-hydrogen) atoms. The van der Waals surface area contributed by atoms with E-state index in [1.165, 1.54) is 0 Å². The molecule has 4 aromatic heterocycles. The van der Waals surface area contributed by atoms with Crippen LogP contribution in [-0.2, 0) is 0 Å². The van der Waals surface area contributed by atoms with Gasteiger partial charge >= 0.3 is 0 Å². The monoisotopic (exact) mass is 496 g/mol. The summed E-state index contributed by atoms with van der Waals surface area (Å²) in [5, 5.41) is 8.01.